The fourth-order valence-electron chi connectivity index (χ4n) is 2.22. The van der Waals surface area contributed by atoms with Gasteiger partial charge in [0.1, 0.15) is 6.61 Å². The molecule has 0 radical (unpaired) electrons. The van der Waals surface area contributed by atoms with Crippen LogP contribution in [0.1, 0.15) is 30.0 Å². The summed E-state index contributed by atoms with van der Waals surface area (Å²) >= 11 is 0. The van der Waals surface area contributed by atoms with E-state index in [4.69, 9.17) is 4.74 Å². The number of benzene rings is 1. The van der Waals surface area contributed by atoms with E-state index in [1.807, 2.05) is 0 Å². The van der Waals surface area contributed by atoms with Gasteiger partial charge in [-0.1, -0.05) is 29.8 Å². The summed E-state index contributed by atoms with van der Waals surface area (Å²) in [5.41, 5.74) is 2.53. The molecule has 1 aromatic carbocycles. The van der Waals surface area contributed by atoms with Crippen molar-refractivity contribution in [2.75, 3.05) is 19.8 Å². The second-order valence-corrected chi connectivity index (χ2v) is 5.15. The average molecular weight is 269 g/mol. The minimum atomic E-state index is -2.38. The van der Waals surface area contributed by atoms with Crippen molar-refractivity contribution in [3.8, 4) is 0 Å². The highest BCUT2D eigenvalue weighted by molar-refractivity contribution is 5.25. The van der Waals surface area contributed by atoms with Crippen molar-refractivity contribution < 1.29 is 13.5 Å². The lowest BCUT2D eigenvalue weighted by molar-refractivity contribution is 0.0180. The molecule has 2 nitrogen and oxygen atoms in total. The van der Waals surface area contributed by atoms with Gasteiger partial charge in [-0.15, -0.1) is 0 Å². The first-order valence-electron chi connectivity index (χ1n) is 6.82. The van der Waals surface area contributed by atoms with Crippen LogP contribution in [-0.2, 0) is 4.74 Å². The standard InChI is InChI=1S/C15H21F2NO/c1-11-2-4-12(5-3-11)15(13-6-7-13)18-8-9-19-10-14(16)17/h2-5,13-15,18H,6-10H2,1H3. The zero-order valence-corrected chi connectivity index (χ0v) is 11.2. The van der Waals surface area contributed by atoms with Crippen molar-refractivity contribution in [2.24, 2.45) is 5.92 Å². The number of ether oxygens (including phenoxy) is 1. The second kappa shape index (κ2) is 6.96. The van der Waals surface area contributed by atoms with Crippen LogP contribution in [0, 0.1) is 12.8 Å². The minimum absolute atomic E-state index is 0.329. The number of halogens is 2. The molecule has 1 unspecified atom stereocenters. The Morgan fingerprint density at radius 3 is 2.53 bits per heavy atom. The van der Waals surface area contributed by atoms with Crippen molar-refractivity contribution >= 4 is 0 Å². The summed E-state index contributed by atoms with van der Waals surface area (Å²) in [7, 11) is 0. The first kappa shape index (κ1) is 14.4. The summed E-state index contributed by atoms with van der Waals surface area (Å²) in [6.45, 7) is 2.54. The molecule has 1 N–H and O–H groups in total. The normalized spacial score (nSPS) is 16.8. The van der Waals surface area contributed by atoms with Gasteiger partial charge in [0.15, 0.2) is 0 Å². The van der Waals surface area contributed by atoms with Crippen LogP contribution in [0.2, 0.25) is 0 Å². The molecule has 1 aromatic rings. The first-order valence-corrected chi connectivity index (χ1v) is 6.82. The minimum Gasteiger partial charge on any atom is -0.374 e. The van der Waals surface area contributed by atoms with Gasteiger partial charge < -0.3 is 10.1 Å². The van der Waals surface area contributed by atoms with Gasteiger partial charge in [0, 0.05) is 12.6 Å². The summed E-state index contributed by atoms with van der Waals surface area (Å²) in [4.78, 5) is 0. The maximum Gasteiger partial charge on any atom is 0.261 e. The highest BCUT2D eigenvalue weighted by Crippen LogP contribution is 2.40. The highest BCUT2D eigenvalue weighted by atomic mass is 19.3. The van der Waals surface area contributed by atoms with Crippen LogP contribution in [0.15, 0.2) is 24.3 Å². The maximum atomic E-state index is 11.9. The number of alkyl halides is 2. The number of hydrogen-bond acceptors (Lipinski definition) is 2. The van der Waals surface area contributed by atoms with Crippen LogP contribution in [0.5, 0.6) is 0 Å². The summed E-state index contributed by atoms with van der Waals surface area (Å²) in [5, 5.41) is 3.42. The third-order valence-corrected chi connectivity index (χ3v) is 3.38. The van der Waals surface area contributed by atoms with Crippen molar-refractivity contribution in [1.82, 2.24) is 5.32 Å². The molecule has 0 heterocycles. The molecule has 0 spiro atoms. The van der Waals surface area contributed by atoms with Crippen LogP contribution in [0.25, 0.3) is 0 Å². The van der Waals surface area contributed by atoms with Gasteiger partial charge in [-0.05, 0) is 31.2 Å². The Hall–Kier alpha value is -1.00. The van der Waals surface area contributed by atoms with Crippen LogP contribution in [0.4, 0.5) is 8.78 Å². The maximum absolute atomic E-state index is 11.9. The largest absolute Gasteiger partial charge is 0.374 e. The van der Waals surface area contributed by atoms with E-state index in [9.17, 15) is 8.78 Å². The van der Waals surface area contributed by atoms with Crippen LogP contribution >= 0.6 is 0 Å². The van der Waals surface area contributed by atoms with Gasteiger partial charge >= 0.3 is 0 Å². The molecule has 0 amide bonds. The molecular formula is C15H21F2NO. The Kier molecular flexibility index (Phi) is 5.28. The number of nitrogens with one attached hydrogen (secondary N) is 1. The van der Waals surface area contributed by atoms with Gasteiger partial charge in [0.2, 0.25) is 0 Å². The Labute approximate surface area is 113 Å². The number of rotatable bonds is 8. The summed E-state index contributed by atoms with van der Waals surface area (Å²) in [6, 6.07) is 8.84. The number of aryl methyl sites for hydroxylation is 1. The van der Waals surface area contributed by atoms with E-state index < -0.39 is 13.0 Å². The third-order valence-electron chi connectivity index (χ3n) is 3.38. The van der Waals surface area contributed by atoms with E-state index in [1.54, 1.807) is 0 Å². The molecule has 1 fully saturated rings. The van der Waals surface area contributed by atoms with E-state index in [-0.39, 0.29) is 0 Å². The lowest BCUT2D eigenvalue weighted by Gasteiger charge is -2.19. The van der Waals surface area contributed by atoms with E-state index in [1.165, 1.54) is 24.0 Å². The summed E-state index contributed by atoms with van der Waals surface area (Å²) in [5.74, 6) is 0.679. The Bertz CT molecular complexity index is 376. The quantitative estimate of drug-likeness (QED) is 0.731. The van der Waals surface area contributed by atoms with Gasteiger partial charge in [-0.25, -0.2) is 8.78 Å². The van der Waals surface area contributed by atoms with E-state index >= 15 is 0 Å². The van der Waals surface area contributed by atoms with Gasteiger partial charge in [0.05, 0.1) is 6.61 Å². The first-order chi connectivity index (χ1) is 9.16. The predicted octanol–water partition coefficient (Wildman–Crippen LogP) is 3.32. The van der Waals surface area contributed by atoms with Gasteiger partial charge in [-0.2, -0.15) is 0 Å². The SMILES string of the molecule is Cc1ccc(C(NCCOCC(F)F)C2CC2)cc1. The topological polar surface area (TPSA) is 21.3 Å². The van der Waals surface area contributed by atoms with Crippen LogP contribution in [-0.4, -0.2) is 26.2 Å². The zero-order valence-electron chi connectivity index (χ0n) is 11.2. The van der Waals surface area contributed by atoms with E-state index in [0.29, 0.717) is 25.1 Å². The summed E-state index contributed by atoms with van der Waals surface area (Å²) < 4.78 is 28.7. The Morgan fingerprint density at radius 1 is 1.26 bits per heavy atom. The smallest absolute Gasteiger partial charge is 0.261 e. The summed E-state index contributed by atoms with van der Waals surface area (Å²) in [6.07, 6.45) is 0.101. The Morgan fingerprint density at radius 2 is 1.95 bits per heavy atom. The molecule has 1 saturated carbocycles. The van der Waals surface area contributed by atoms with Crippen molar-refractivity contribution in [2.45, 2.75) is 32.2 Å². The van der Waals surface area contributed by atoms with Crippen molar-refractivity contribution in [1.29, 1.82) is 0 Å². The average Bonchev–Trinajstić information content (AvgIpc) is 3.19. The lowest BCUT2D eigenvalue weighted by Crippen LogP contribution is -2.27. The third kappa shape index (κ3) is 4.88. The highest BCUT2D eigenvalue weighted by Gasteiger charge is 2.31. The molecule has 0 saturated heterocycles. The molecular weight excluding hydrogens is 248 g/mol. The van der Waals surface area contributed by atoms with Crippen molar-refractivity contribution in [3.05, 3.63) is 35.4 Å². The fourth-order valence-corrected chi connectivity index (χ4v) is 2.22. The molecule has 106 valence electrons. The molecule has 0 bridgehead atoms. The van der Waals surface area contributed by atoms with Crippen LogP contribution < -0.4 is 5.32 Å². The van der Waals surface area contributed by atoms with Gasteiger partial charge in [0.25, 0.3) is 6.43 Å². The molecule has 0 aromatic heterocycles. The van der Waals surface area contributed by atoms with Gasteiger partial charge in [-0.3, -0.25) is 0 Å². The monoisotopic (exact) mass is 269 g/mol. The predicted molar refractivity (Wildman–Crippen MR) is 71.5 cm³/mol. The zero-order chi connectivity index (χ0) is 13.7. The second-order valence-electron chi connectivity index (χ2n) is 5.15. The molecule has 1 aliphatic carbocycles. The fraction of sp³-hybridized carbons (Fsp3) is 0.600. The molecule has 1 aliphatic rings. The van der Waals surface area contributed by atoms with Crippen molar-refractivity contribution in [3.63, 3.8) is 0 Å². The molecule has 1 atom stereocenters. The lowest BCUT2D eigenvalue weighted by atomic mass is 10.0. The molecule has 19 heavy (non-hydrogen) atoms. The molecule has 0 aliphatic heterocycles. The van der Waals surface area contributed by atoms with E-state index in [0.717, 1.165) is 0 Å². The van der Waals surface area contributed by atoms with Crippen LogP contribution in [0.3, 0.4) is 0 Å². The van der Waals surface area contributed by atoms with E-state index in [2.05, 4.69) is 36.5 Å². The molecule has 4 heteroatoms. The Balaban J connectivity index is 1.78. The number of hydrogen-bond donors (Lipinski definition) is 1. The molecule has 2 rings (SSSR count).